The van der Waals surface area contributed by atoms with E-state index < -0.39 is 5.41 Å². The Labute approximate surface area is 288 Å². The summed E-state index contributed by atoms with van der Waals surface area (Å²) < 4.78 is 8.43. The molecule has 0 saturated carbocycles. The van der Waals surface area contributed by atoms with Crippen LogP contribution < -0.4 is 16.2 Å². The summed E-state index contributed by atoms with van der Waals surface area (Å²) in [5, 5.41) is 21.3. The molecule has 0 unspecified atom stereocenters. The molecule has 5 aromatic rings. The summed E-state index contributed by atoms with van der Waals surface area (Å²) in [5.74, 6) is 2.10. The highest BCUT2D eigenvalue weighted by Gasteiger charge is 2.49. The molecule has 3 N–H and O–H groups in total. The van der Waals surface area contributed by atoms with Crippen molar-refractivity contribution in [3.63, 3.8) is 0 Å². The minimum Gasteiger partial charge on any atom is -0.389 e. The number of hydrogen-bond donors (Lipinski definition) is 2. The Balaban J connectivity index is 1.31. The van der Waals surface area contributed by atoms with Gasteiger partial charge in [0.2, 0.25) is 5.56 Å². The van der Waals surface area contributed by atoms with Crippen LogP contribution in [0.15, 0.2) is 33.8 Å². The zero-order chi connectivity index (χ0) is 34.0. The van der Waals surface area contributed by atoms with Crippen molar-refractivity contribution in [1.82, 2.24) is 34.8 Å². The van der Waals surface area contributed by atoms with E-state index >= 15 is 0 Å². The number of anilines is 2. The van der Waals surface area contributed by atoms with Gasteiger partial charge in [-0.05, 0) is 96.9 Å². The maximum absolute atomic E-state index is 11.9. The zero-order valence-corrected chi connectivity index (χ0v) is 29.3. The second-order valence-corrected chi connectivity index (χ2v) is 15.1. The lowest BCUT2D eigenvalue weighted by Gasteiger charge is -2.39. The third-order valence-corrected chi connectivity index (χ3v) is 12.5. The maximum Gasteiger partial charge on any atom is 0.247 e. The first-order valence-corrected chi connectivity index (χ1v) is 18.3. The number of nitrogens with two attached hydrogens (primary N) is 1. The van der Waals surface area contributed by atoms with E-state index in [1.807, 2.05) is 12.3 Å². The zero-order valence-electron chi connectivity index (χ0n) is 28.5. The number of likely N-dealkylation sites (N-methyl/N-ethyl adjacent to an activating group) is 1. The molecule has 5 aromatic heterocycles. The lowest BCUT2D eigenvalue weighted by Crippen LogP contribution is -2.35. The van der Waals surface area contributed by atoms with Crippen LogP contribution in [0.3, 0.4) is 0 Å². The molecule has 0 amide bonds. The van der Waals surface area contributed by atoms with Crippen LogP contribution in [0.5, 0.6) is 0 Å². The number of rotatable bonds is 7. The van der Waals surface area contributed by atoms with E-state index in [-0.39, 0.29) is 17.6 Å². The number of nitriles is 1. The normalized spacial score (nSPS) is 21.8. The number of nitrogens with one attached hydrogen (secondary N) is 1. The number of likely N-dealkylation sites (tertiary alicyclic amines) is 1. The van der Waals surface area contributed by atoms with E-state index in [2.05, 4.69) is 53.4 Å². The molecule has 1 fully saturated rings. The summed E-state index contributed by atoms with van der Waals surface area (Å²) in [7, 11) is 2.18. The molecule has 2 aliphatic carbocycles. The average Bonchev–Trinajstić information content (AvgIpc) is 3.90. The number of aromatic amines is 1. The van der Waals surface area contributed by atoms with Crippen molar-refractivity contribution in [2.24, 2.45) is 0 Å². The molecule has 12 nitrogen and oxygen atoms in total. The quantitative estimate of drug-likeness (QED) is 0.213. The fourth-order valence-electron chi connectivity index (χ4n) is 8.93. The number of nitrogens with zero attached hydrogens (tertiary/aromatic N) is 8. The highest BCUT2D eigenvalue weighted by atomic mass is 32.1. The second kappa shape index (κ2) is 12.1. The van der Waals surface area contributed by atoms with Crippen molar-refractivity contribution in [1.29, 1.82) is 5.26 Å². The molecule has 49 heavy (non-hydrogen) atoms. The largest absolute Gasteiger partial charge is 0.389 e. The highest BCUT2D eigenvalue weighted by molar-refractivity contribution is 7.16. The number of aryl methyl sites for hydroxylation is 1. The lowest BCUT2D eigenvalue weighted by atomic mass is 9.63. The number of fused-ring (bicyclic) bond motifs is 5. The Morgan fingerprint density at radius 1 is 1.22 bits per heavy atom. The van der Waals surface area contributed by atoms with Gasteiger partial charge in [-0.3, -0.25) is 4.79 Å². The average molecular weight is 679 g/mol. The standard InChI is InChI=1S/C36H42N10O2S/c1-5-45(20(2)22-12-13-28(47)39-18-22)34-25-19-40-46(21(3)26-10-8-16-44(26)4)35(25)42-33(41-34)30-23-9-6-14-36(31(23)48-43-30)15-7-11-27-29(36)24(17-37)32(38)49-27/h12-13,18-21,26H,5-11,14-16,38H2,1-4H3,(H,39,47)/t20-,21-,26-,36-/m0/s1. The Kier molecular flexibility index (Phi) is 7.83. The van der Waals surface area contributed by atoms with E-state index in [0.717, 1.165) is 97.2 Å². The van der Waals surface area contributed by atoms with Crippen molar-refractivity contribution in [3.8, 4) is 17.6 Å². The van der Waals surface area contributed by atoms with E-state index in [1.54, 1.807) is 23.6 Å². The summed E-state index contributed by atoms with van der Waals surface area (Å²) in [6.45, 7) is 8.18. The van der Waals surface area contributed by atoms with Crippen LogP contribution in [-0.2, 0) is 18.3 Å². The lowest BCUT2D eigenvalue weighted by molar-refractivity contribution is 0.232. The molecule has 254 valence electrons. The number of nitrogen functional groups attached to an aromatic ring is 1. The predicted octanol–water partition coefficient (Wildman–Crippen LogP) is 5.89. The smallest absolute Gasteiger partial charge is 0.247 e. The molecule has 1 aliphatic heterocycles. The van der Waals surface area contributed by atoms with Crippen LogP contribution >= 0.6 is 11.3 Å². The minimum atomic E-state index is -0.434. The molecule has 6 heterocycles. The molecule has 0 aromatic carbocycles. The predicted molar refractivity (Wildman–Crippen MR) is 190 cm³/mol. The summed E-state index contributed by atoms with van der Waals surface area (Å²) in [4.78, 5) is 31.1. The molecule has 1 saturated heterocycles. The summed E-state index contributed by atoms with van der Waals surface area (Å²) in [5.41, 5.74) is 10.9. The number of H-pyrrole nitrogens is 1. The third kappa shape index (κ3) is 4.90. The van der Waals surface area contributed by atoms with Crippen molar-refractivity contribution >= 4 is 33.2 Å². The van der Waals surface area contributed by atoms with Gasteiger partial charge in [-0.25, -0.2) is 14.6 Å². The number of thiophene rings is 1. The van der Waals surface area contributed by atoms with Gasteiger partial charge in [0, 0.05) is 35.3 Å². The first-order valence-electron chi connectivity index (χ1n) is 17.5. The van der Waals surface area contributed by atoms with Crippen molar-refractivity contribution in [2.45, 2.75) is 95.7 Å². The van der Waals surface area contributed by atoms with Crippen LogP contribution in [0.1, 0.15) is 104 Å². The monoisotopic (exact) mass is 678 g/mol. The topological polar surface area (TPSA) is 159 Å². The molecule has 1 spiro atoms. The van der Waals surface area contributed by atoms with Crippen LogP contribution in [0, 0.1) is 11.3 Å². The van der Waals surface area contributed by atoms with E-state index in [1.165, 1.54) is 4.88 Å². The Morgan fingerprint density at radius 3 is 2.76 bits per heavy atom. The molecule has 13 heteroatoms. The molecule has 3 aliphatic rings. The van der Waals surface area contributed by atoms with Gasteiger partial charge >= 0.3 is 0 Å². The van der Waals surface area contributed by atoms with E-state index in [9.17, 15) is 10.1 Å². The van der Waals surface area contributed by atoms with Gasteiger partial charge in [0.1, 0.15) is 16.9 Å². The summed E-state index contributed by atoms with van der Waals surface area (Å²) >= 11 is 1.54. The fraction of sp³-hybridized carbons (Fsp3) is 0.500. The Morgan fingerprint density at radius 2 is 2.04 bits per heavy atom. The second-order valence-electron chi connectivity index (χ2n) is 14.0. The molecule has 0 bridgehead atoms. The summed E-state index contributed by atoms with van der Waals surface area (Å²) in [6.07, 6.45) is 11.3. The van der Waals surface area contributed by atoms with E-state index in [0.29, 0.717) is 34.7 Å². The first kappa shape index (κ1) is 31.7. The molecule has 4 atom stereocenters. The van der Waals surface area contributed by atoms with Gasteiger partial charge < -0.3 is 25.0 Å². The molecular weight excluding hydrogens is 637 g/mol. The van der Waals surface area contributed by atoms with Crippen LogP contribution in [0.25, 0.3) is 22.6 Å². The van der Waals surface area contributed by atoms with Gasteiger partial charge in [-0.15, -0.1) is 11.3 Å². The van der Waals surface area contributed by atoms with Crippen LogP contribution in [-0.4, -0.2) is 61.0 Å². The number of hydrogen-bond acceptors (Lipinski definition) is 11. The SMILES string of the molecule is CCN(c1nc(-c2noc3c2CCC[C@@]32CCCc3sc(N)c(C#N)c32)nc2c1cnn2[C@@H](C)[C@@H]1CCCN1C)[C@@H](C)c1ccc(=O)[nH]c1. The van der Waals surface area contributed by atoms with Gasteiger partial charge in [-0.1, -0.05) is 11.2 Å². The minimum absolute atomic E-state index is 0.0934. The number of pyridine rings is 1. The fourth-order valence-corrected chi connectivity index (χ4v) is 10.1. The Bertz CT molecular complexity index is 2130. The van der Waals surface area contributed by atoms with Gasteiger partial charge in [0.05, 0.1) is 34.6 Å². The summed E-state index contributed by atoms with van der Waals surface area (Å²) in [6, 6.07) is 6.19. The van der Waals surface area contributed by atoms with E-state index in [4.69, 9.17) is 30.5 Å². The van der Waals surface area contributed by atoms with Gasteiger partial charge in [0.15, 0.2) is 22.9 Å². The first-order chi connectivity index (χ1) is 23.8. The van der Waals surface area contributed by atoms with Gasteiger partial charge in [0.25, 0.3) is 0 Å². The third-order valence-electron chi connectivity index (χ3n) is 11.4. The number of aromatic nitrogens is 6. The maximum atomic E-state index is 11.9. The molecular formula is C36H42N10O2S. The van der Waals surface area contributed by atoms with Gasteiger partial charge in [-0.2, -0.15) is 10.4 Å². The van der Waals surface area contributed by atoms with Crippen LogP contribution in [0.2, 0.25) is 0 Å². The van der Waals surface area contributed by atoms with Crippen molar-refractivity contribution in [2.75, 3.05) is 30.8 Å². The highest BCUT2D eigenvalue weighted by Crippen LogP contribution is 2.55. The van der Waals surface area contributed by atoms with Crippen molar-refractivity contribution in [3.05, 3.63) is 67.8 Å². The van der Waals surface area contributed by atoms with Crippen molar-refractivity contribution < 1.29 is 4.52 Å². The van der Waals surface area contributed by atoms with Crippen LogP contribution in [0.4, 0.5) is 10.8 Å². The molecule has 8 rings (SSSR count). The molecule has 0 radical (unpaired) electrons. The Hall–Kier alpha value is -4.54.